The average molecular weight is 210 g/mol. The van der Waals surface area contributed by atoms with Gasteiger partial charge in [-0.1, -0.05) is 70.8 Å². The van der Waals surface area contributed by atoms with Gasteiger partial charge < -0.3 is 0 Å². The van der Waals surface area contributed by atoms with Gasteiger partial charge in [0.25, 0.3) is 0 Å². The van der Waals surface area contributed by atoms with Crippen LogP contribution in [0, 0.1) is 5.92 Å². The van der Waals surface area contributed by atoms with Crippen LogP contribution in [0.3, 0.4) is 0 Å². The van der Waals surface area contributed by atoms with Gasteiger partial charge in [-0.15, -0.1) is 6.58 Å². The summed E-state index contributed by atoms with van der Waals surface area (Å²) >= 11 is 0. The van der Waals surface area contributed by atoms with E-state index in [1.807, 2.05) is 0 Å². The van der Waals surface area contributed by atoms with Crippen molar-refractivity contribution in [3.8, 4) is 0 Å². The molecule has 0 aromatic carbocycles. The van der Waals surface area contributed by atoms with Crippen LogP contribution in [0.1, 0.15) is 78.6 Å². The smallest absolute Gasteiger partial charge is 0.0297 e. The largest absolute Gasteiger partial charge is 0.100 e. The molecule has 0 bridgehead atoms. The molecule has 0 heteroatoms. The highest BCUT2D eigenvalue weighted by Crippen LogP contribution is 2.21. The molecule has 1 atom stereocenters. The topological polar surface area (TPSA) is 0 Å². The van der Waals surface area contributed by atoms with Crippen molar-refractivity contribution in [3.05, 3.63) is 12.2 Å². The Morgan fingerprint density at radius 2 is 1.60 bits per heavy atom. The van der Waals surface area contributed by atoms with E-state index in [0.717, 1.165) is 5.92 Å². The van der Waals surface area contributed by atoms with Gasteiger partial charge in [0, 0.05) is 0 Å². The first-order valence-corrected chi connectivity index (χ1v) is 6.85. The first-order valence-electron chi connectivity index (χ1n) is 6.85. The molecule has 0 nitrogen and oxygen atoms in total. The quantitative estimate of drug-likeness (QED) is 0.319. The van der Waals surface area contributed by atoms with Crippen molar-refractivity contribution < 1.29 is 0 Å². The molecule has 0 aromatic rings. The molecule has 0 rings (SSSR count). The number of unbranched alkanes of at least 4 members (excludes halogenated alkanes) is 5. The number of rotatable bonds is 10. The van der Waals surface area contributed by atoms with Crippen molar-refractivity contribution in [2.45, 2.75) is 78.6 Å². The van der Waals surface area contributed by atoms with Gasteiger partial charge in [0.2, 0.25) is 0 Å². The standard InChI is InChI=1S/C15H30/c1-5-7-8-9-10-11-12-15(6-2)13-14(3)4/h15H,3,5-13H2,1-2,4H3. The van der Waals surface area contributed by atoms with Gasteiger partial charge in [-0.25, -0.2) is 0 Å². The van der Waals surface area contributed by atoms with Gasteiger partial charge in [-0.2, -0.15) is 0 Å². The third-order valence-electron chi connectivity index (χ3n) is 3.18. The minimum Gasteiger partial charge on any atom is -0.100 e. The molecule has 15 heavy (non-hydrogen) atoms. The van der Waals surface area contributed by atoms with Crippen LogP contribution in [0.25, 0.3) is 0 Å². The third kappa shape index (κ3) is 10.0. The first-order chi connectivity index (χ1) is 7.20. The molecule has 0 N–H and O–H groups in total. The lowest BCUT2D eigenvalue weighted by Crippen LogP contribution is -1.99. The molecular weight excluding hydrogens is 180 g/mol. The molecule has 0 aliphatic heterocycles. The van der Waals surface area contributed by atoms with Gasteiger partial charge in [0.15, 0.2) is 0 Å². The Labute approximate surface area is 97.2 Å². The second-order valence-electron chi connectivity index (χ2n) is 4.99. The highest BCUT2D eigenvalue weighted by atomic mass is 14.1. The Morgan fingerprint density at radius 1 is 1.00 bits per heavy atom. The van der Waals surface area contributed by atoms with Gasteiger partial charge in [-0.05, 0) is 19.3 Å². The van der Waals surface area contributed by atoms with E-state index in [1.54, 1.807) is 0 Å². The summed E-state index contributed by atoms with van der Waals surface area (Å²) in [6.45, 7) is 10.8. The van der Waals surface area contributed by atoms with E-state index >= 15 is 0 Å². The molecule has 90 valence electrons. The SMILES string of the molecule is C=C(C)CC(CC)CCCCCCCC. The molecule has 1 unspecified atom stereocenters. The molecule has 0 saturated carbocycles. The maximum atomic E-state index is 4.01. The molecule has 0 aliphatic carbocycles. The lowest BCUT2D eigenvalue weighted by atomic mass is 9.92. The van der Waals surface area contributed by atoms with E-state index in [-0.39, 0.29) is 0 Å². The number of hydrogen-bond donors (Lipinski definition) is 0. The summed E-state index contributed by atoms with van der Waals surface area (Å²) < 4.78 is 0. The molecule has 0 heterocycles. The molecule has 0 saturated heterocycles. The third-order valence-corrected chi connectivity index (χ3v) is 3.18. The predicted molar refractivity (Wildman–Crippen MR) is 71.2 cm³/mol. The van der Waals surface area contributed by atoms with Crippen LogP contribution in [0.4, 0.5) is 0 Å². The van der Waals surface area contributed by atoms with E-state index in [4.69, 9.17) is 0 Å². The lowest BCUT2D eigenvalue weighted by Gasteiger charge is -2.14. The molecule has 0 amide bonds. The van der Waals surface area contributed by atoms with Crippen LogP contribution in [0.15, 0.2) is 12.2 Å². The summed E-state index contributed by atoms with van der Waals surface area (Å²) in [5, 5.41) is 0. The van der Waals surface area contributed by atoms with Crippen molar-refractivity contribution >= 4 is 0 Å². The maximum Gasteiger partial charge on any atom is -0.0297 e. The van der Waals surface area contributed by atoms with Crippen LogP contribution in [-0.4, -0.2) is 0 Å². The van der Waals surface area contributed by atoms with Crippen LogP contribution < -0.4 is 0 Å². The summed E-state index contributed by atoms with van der Waals surface area (Å²) in [4.78, 5) is 0. The fourth-order valence-electron chi connectivity index (χ4n) is 2.16. The number of allylic oxidation sites excluding steroid dienone is 1. The normalized spacial score (nSPS) is 12.7. The van der Waals surface area contributed by atoms with Crippen molar-refractivity contribution in [2.75, 3.05) is 0 Å². The van der Waals surface area contributed by atoms with Gasteiger partial charge in [0.1, 0.15) is 0 Å². The number of hydrogen-bond acceptors (Lipinski definition) is 0. The molecule has 0 spiro atoms. The van der Waals surface area contributed by atoms with E-state index < -0.39 is 0 Å². The van der Waals surface area contributed by atoms with Crippen LogP contribution in [0.5, 0.6) is 0 Å². The fraction of sp³-hybridized carbons (Fsp3) is 0.867. The summed E-state index contributed by atoms with van der Waals surface area (Å²) in [5.74, 6) is 0.897. The summed E-state index contributed by atoms with van der Waals surface area (Å²) in [5.41, 5.74) is 1.35. The van der Waals surface area contributed by atoms with Crippen molar-refractivity contribution in [1.82, 2.24) is 0 Å². The molecule has 0 fully saturated rings. The van der Waals surface area contributed by atoms with Crippen LogP contribution in [0.2, 0.25) is 0 Å². The minimum atomic E-state index is 0.897. The van der Waals surface area contributed by atoms with Crippen molar-refractivity contribution in [1.29, 1.82) is 0 Å². The Bertz CT molecular complexity index is 146. The first kappa shape index (κ1) is 14.7. The van der Waals surface area contributed by atoms with Gasteiger partial charge in [0.05, 0.1) is 0 Å². The Kier molecular flexibility index (Phi) is 10.1. The molecule has 0 aromatic heterocycles. The van der Waals surface area contributed by atoms with Crippen LogP contribution >= 0.6 is 0 Å². The highest BCUT2D eigenvalue weighted by molar-refractivity contribution is 4.89. The zero-order valence-electron chi connectivity index (χ0n) is 11.1. The predicted octanol–water partition coefficient (Wildman–Crippen LogP) is 5.73. The maximum absolute atomic E-state index is 4.01. The molecule has 0 radical (unpaired) electrons. The summed E-state index contributed by atoms with van der Waals surface area (Å²) in [7, 11) is 0. The van der Waals surface area contributed by atoms with E-state index in [9.17, 15) is 0 Å². The lowest BCUT2D eigenvalue weighted by molar-refractivity contribution is 0.435. The molecule has 0 aliphatic rings. The van der Waals surface area contributed by atoms with E-state index in [1.165, 1.54) is 63.4 Å². The van der Waals surface area contributed by atoms with E-state index in [0.29, 0.717) is 0 Å². The summed E-state index contributed by atoms with van der Waals surface area (Å²) in [6.07, 6.45) is 12.5. The second-order valence-corrected chi connectivity index (χ2v) is 4.99. The highest BCUT2D eigenvalue weighted by Gasteiger charge is 2.05. The minimum absolute atomic E-state index is 0.897. The van der Waals surface area contributed by atoms with E-state index in [2.05, 4.69) is 27.4 Å². The van der Waals surface area contributed by atoms with Gasteiger partial charge in [-0.3, -0.25) is 0 Å². The monoisotopic (exact) mass is 210 g/mol. The van der Waals surface area contributed by atoms with Gasteiger partial charge >= 0.3 is 0 Å². The zero-order chi connectivity index (χ0) is 11.5. The van der Waals surface area contributed by atoms with Crippen molar-refractivity contribution in [3.63, 3.8) is 0 Å². The van der Waals surface area contributed by atoms with Crippen LogP contribution in [-0.2, 0) is 0 Å². The Balaban J connectivity index is 3.34. The second kappa shape index (κ2) is 10.3. The van der Waals surface area contributed by atoms with Crippen molar-refractivity contribution in [2.24, 2.45) is 5.92 Å². The Morgan fingerprint density at radius 3 is 2.13 bits per heavy atom. The average Bonchev–Trinajstić information content (AvgIpc) is 2.20. The molecular formula is C15H30. The Hall–Kier alpha value is -0.260. The fourth-order valence-corrected chi connectivity index (χ4v) is 2.16. The summed E-state index contributed by atoms with van der Waals surface area (Å²) in [6, 6.07) is 0. The zero-order valence-corrected chi connectivity index (χ0v) is 11.1.